The Kier molecular flexibility index (Phi) is 6.66. The Morgan fingerprint density at radius 3 is 2.71 bits per heavy atom. The maximum atomic E-state index is 14.6. The molecule has 0 fully saturated rings. The van der Waals surface area contributed by atoms with Crippen LogP contribution in [0.15, 0.2) is 42.5 Å². The van der Waals surface area contributed by atoms with Crippen LogP contribution in [0.1, 0.15) is 21.9 Å². The van der Waals surface area contributed by atoms with Gasteiger partial charge in [0.1, 0.15) is 11.1 Å². The van der Waals surface area contributed by atoms with Crippen LogP contribution < -0.4 is 10.6 Å². The highest BCUT2D eigenvalue weighted by molar-refractivity contribution is 7.99. The van der Waals surface area contributed by atoms with Gasteiger partial charge in [-0.25, -0.2) is 4.39 Å². The molecule has 3 nitrogen and oxygen atoms in total. The highest BCUT2D eigenvalue weighted by Crippen LogP contribution is 2.30. The number of hydrogen-bond donors (Lipinski definition) is 2. The highest BCUT2D eigenvalue weighted by Gasteiger charge is 2.22. The Labute approximate surface area is 151 Å². The summed E-state index contributed by atoms with van der Waals surface area (Å²) in [5.41, 5.74) is 2.86. The minimum Gasteiger partial charge on any atom is -0.322 e. The van der Waals surface area contributed by atoms with E-state index in [1.807, 2.05) is 42.7 Å². The lowest BCUT2D eigenvalue weighted by Gasteiger charge is -2.20. The SMILES string of the molecule is CSC(C(=O)Nc1ccc2c(c1F)CCNC2)c1ccccc1.Cl. The van der Waals surface area contributed by atoms with Crippen LogP contribution in [0.4, 0.5) is 10.1 Å². The Morgan fingerprint density at radius 1 is 1.25 bits per heavy atom. The standard InChI is InChI=1S/C18H19FN2OS.ClH/c1-23-17(12-5-3-2-4-6-12)18(22)21-15-8-7-13-11-20-10-9-14(13)16(15)19;/h2-8,17,20H,9-11H2,1H3,(H,21,22);1H. The van der Waals surface area contributed by atoms with Gasteiger partial charge in [-0.1, -0.05) is 36.4 Å². The number of carbonyl (C=O) groups is 1. The minimum atomic E-state index is -0.353. The zero-order valence-electron chi connectivity index (χ0n) is 13.3. The van der Waals surface area contributed by atoms with Crippen LogP contribution in [0.25, 0.3) is 0 Å². The Balaban J connectivity index is 0.00000208. The Morgan fingerprint density at radius 2 is 2.00 bits per heavy atom. The number of hydrogen-bond acceptors (Lipinski definition) is 3. The van der Waals surface area contributed by atoms with Gasteiger partial charge in [-0.05, 0) is 42.0 Å². The maximum absolute atomic E-state index is 14.6. The summed E-state index contributed by atoms with van der Waals surface area (Å²) >= 11 is 1.44. The molecule has 1 atom stereocenters. The molecular formula is C18H20ClFN2OS. The molecule has 0 radical (unpaired) electrons. The predicted octanol–water partition coefficient (Wildman–Crippen LogP) is 3.94. The fourth-order valence-electron chi connectivity index (χ4n) is 2.85. The van der Waals surface area contributed by atoms with E-state index >= 15 is 0 Å². The van der Waals surface area contributed by atoms with Gasteiger partial charge in [-0.2, -0.15) is 0 Å². The molecule has 1 unspecified atom stereocenters. The summed E-state index contributed by atoms with van der Waals surface area (Å²) < 4.78 is 14.6. The van der Waals surface area contributed by atoms with Gasteiger partial charge in [0, 0.05) is 6.54 Å². The molecule has 2 N–H and O–H groups in total. The van der Waals surface area contributed by atoms with E-state index in [9.17, 15) is 9.18 Å². The van der Waals surface area contributed by atoms with Gasteiger partial charge in [-0.15, -0.1) is 24.2 Å². The van der Waals surface area contributed by atoms with Crippen LogP contribution in [0.5, 0.6) is 0 Å². The number of benzene rings is 2. The molecule has 0 aliphatic carbocycles. The van der Waals surface area contributed by atoms with Crippen LogP contribution in [0.3, 0.4) is 0 Å². The fourth-order valence-corrected chi connectivity index (χ4v) is 3.55. The summed E-state index contributed by atoms with van der Waals surface area (Å²) in [7, 11) is 0. The number of carbonyl (C=O) groups excluding carboxylic acids is 1. The monoisotopic (exact) mass is 366 g/mol. The number of nitrogens with one attached hydrogen (secondary N) is 2. The predicted molar refractivity (Wildman–Crippen MR) is 100 cm³/mol. The number of thioether (sulfide) groups is 1. The maximum Gasteiger partial charge on any atom is 0.242 e. The average Bonchev–Trinajstić information content (AvgIpc) is 2.59. The lowest BCUT2D eigenvalue weighted by Crippen LogP contribution is -2.26. The molecule has 128 valence electrons. The van der Waals surface area contributed by atoms with Crippen molar-refractivity contribution in [2.24, 2.45) is 0 Å². The quantitative estimate of drug-likeness (QED) is 0.861. The molecular weight excluding hydrogens is 347 g/mol. The number of rotatable bonds is 4. The second-order valence-electron chi connectivity index (χ2n) is 5.51. The van der Waals surface area contributed by atoms with Crippen LogP contribution >= 0.6 is 24.2 Å². The van der Waals surface area contributed by atoms with E-state index in [1.165, 1.54) is 11.8 Å². The van der Waals surface area contributed by atoms with Crippen molar-refractivity contribution in [3.05, 3.63) is 65.0 Å². The zero-order chi connectivity index (χ0) is 16.2. The number of fused-ring (bicyclic) bond motifs is 1. The lowest BCUT2D eigenvalue weighted by molar-refractivity contribution is -0.115. The van der Waals surface area contributed by atoms with Gasteiger partial charge < -0.3 is 10.6 Å². The summed E-state index contributed by atoms with van der Waals surface area (Å²) in [6.45, 7) is 1.44. The average molecular weight is 367 g/mol. The first kappa shape index (κ1) is 18.8. The van der Waals surface area contributed by atoms with Crippen molar-refractivity contribution >= 4 is 35.8 Å². The number of halogens is 2. The van der Waals surface area contributed by atoms with Crippen molar-refractivity contribution in [1.82, 2.24) is 5.32 Å². The van der Waals surface area contributed by atoms with E-state index in [-0.39, 0.29) is 35.1 Å². The van der Waals surface area contributed by atoms with Gasteiger partial charge >= 0.3 is 0 Å². The zero-order valence-corrected chi connectivity index (χ0v) is 15.0. The van der Waals surface area contributed by atoms with E-state index in [1.54, 1.807) is 6.07 Å². The van der Waals surface area contributed by atoms with Crippen molar-refractivity contribution in [3.8, 4) is 0 Å². The topological polar surface area (TPSA) is 41.1 Å². The molecule has 1 amide bonds. The Bertz CT molecular complexity index is 712. The van der Waals surface area contributed by atoms with Crippen LogP contribution in [0.2, 0.25) is 0 Å². The second kappa shape index (κ2) is 8.51. The largest absolute Gasteiger partial charge is 0.322 e. The fraction of sp³-hybridized carbons (Fsp3) is 0.278. The van der Waals surface area contributed by atoms with Crippen molar-refractivity contribution < 1.29 is 9.18 Å². The highest BCUT2D eigenvalue weighted by atomic mass is 35.5. The van der Waals surface area contributed by atoms with E-state index in [2.05, 4.69) is 10.6 Å². The van der Waals surface area contributed by atoms with Crippen molar-refractivity contribution in [2.75, 3.05) is 18.1 Å². The first-order chi connectivity index (χ1) is 11.2. The summed E-state index contributed by atoms with van der Waals surface area (Å²) in [6, 6.07) is 13.1. The van der Waals surface area contributed by atoms with E-state index < -0.39 is 0 Å². The van der Waals surface area contributed by atoms with Crippen LogP contribution in [-0.2, 0) is 17.8 Å². The normalized spacial score (nSPS) is 14.2. The van der Waals surface area contributed by atoms with Gasteiger partial charge in [-0.3, -0.25) is 4.79 Å². The molecule has 24 heavy (non-hydrogen) atoms. The summed E-state index contributed by atoms with van der Waals surface area (Å²) in [5.74, 6) is -0.498. The summed E-state index contributed by atoms with van der Waals surface area (Å²) in [4.78, 5) is 12.6. The Hall–Kier alpha value is -1.56. The van der Waals surface area contributed by atoms with Crippen LogP contribution in [0, 0.1) is 5.82 Å². The van der Waals surface area contributed by atoms with Gasteiger partial charge in [0.25, 0.3) is 0 Å². The van der Waals surface area contributed by atoms with Gasteiger partial charge in [0.05, 0.1) is 5.69 Å². The van der Waals surface area contributed by atoms with Crippen molar-refractivity contribution in [2.45, 2.75) is 18.2 Å². The molecule has 0 bridgehead atoms. The lowest BCUT2D eigenvalue weighted by atomic mass is 9.99. The third-order valence-electron chi connectivity index (χ3n) is 4.04. The van der Waals surface area contributed by atoms with Crippen molar-refractivity contribution in [1.29, 1.82) is 0 Å². The third-order valence-corrected chi connectivity index (χ3v) is 5.00. The number of anilines is 1. The molecule has 1 heterocycles. The van der Waals surface area contributed by atoms with E-state index in [0.29, 0.717) is 18.5 Å². The van der Waals surface area contributed by atoms with Gasteiger partial charge in [0.15, 0.2) is 0 Å². The summed E-state index contributed by atoms with van der Waals surface area (Å²) in [5, 5.41) is 5.62. The first-order valence-corrected chi connectivity index (χ1v) is 8.89. The number of amides is 1. The smallest absolute Gasteiger partial charge is 0.242 e. The molecule has 0 saturated carbocycles. The second-order valence-corrected chi connectivity index (χ2v) is 6.45. The molecule has 0 saturated heterocycles. The van der Waals surface area contributed by atoms with E-state index in [0.717, 1.165) is 17.7 Å². The molecule has 2 aromatic rings. The minimum absolute atomic E-state index is 0. The molecule has 1 aliphatic heterocycles. The summed E-state index contributed by atoms with van der Waals surface area (Å²) in [6.07, 6.45) is 2.53. The molecule has 6 heteroatoms. The molecule has 0 aromatic heterocycles. The molecule has 0 spiro atoms. The first-order valence-electron chi connectivity index (χ1n) is 7.60. The van der Waals surface area contributed by atoms with Crippen LogP contribution in [-0.4, -0.2) is 18.7 Å². The van der Waals surface area contributed by atoms with Gasteiger partial charge in [0.2, 0.25) is 5.91 Å². The third kappa shape index (κ3) is 3.91. The molecule has 1 aliphatic rings. The van der Waals surface area contributed by atoms with E-state index in [4.69, 9.17) is 0 Å². The van der Waals surface area contributed by atoms with Crippen molar-refractivity contribution in [3.63, 3.8) is 0 Å². The molecule has 2 aromatic carbocycles. The molecule has 3 rings (SSSR count).